The predicted octanol–water partition coefficient (Wildman–Crippen LogP) is -2.87. The van der Waals surface area contributed by atoms with Gasteiger partial charge in [-0.05, 0) is 32.1 Å². The highest BCUT2D eigenvalue weighted by molar-refractivity contribution is 5.92. The fraction of sp³-hybridized carbons (Fsp3) is 0.647. The van der Waals surface area contributed by atoms with Crippen LogP contribution in [0.3, 0.4) is 0 Å². The van der Waals surface area contributed by atoms with Crippen molar-refractivity contribution in [3.8, 4) is 0 Å². The van der Waals surface area contributed by atoms with Gasteiger partial charge in [-0.15, -0.1) is 0 Å². The zero-order chi connectivity index (χ0) is 24.7. The Bertz CT molecular complexity index is 688. The van der Waals surface area contributed by atoms with Crippen molar-refractivity contribution < 1.29 is 39.0 Å². The monoisotopic (exact) mass is 461 g/mol. The van der Waals surface area contributed by atoms with E-state index < -0.39 is 60.4 Å². The van der Waals surface area contributed by atoms with Gasteiger partial charge in [-0.3, -0.25) is 14.4 Å². The summed E-state index contributed by atoms with van der Waals surface area (Å²) in [7, 11) is 0. The Labute approximate surface area is 183 Å². The van der Waals surface area contributed by atoms with E-state index in [1.54, 1.807) is 0 Å². The SMILES string of the molecule is NC(=O)NCCC[C@H](NC(=O)[C@H](CCC(=O)O)NC(=O)[C@@H](N)CCCNC(N)=O)C(=O)O. The molecule has 0 aliphatic carbocycles. The van der Waals surface area contributed by atoms with E-state index in [9.17, 15) is 33.9 Å². The maximum atomic E-state index is 12.5. The van der Waals surface area contributed by atoms with Gasteiger partial charge in [-0.2, -0.15) is 0 Å². The number of rotatable bonds is 16. The molecule has 0 unspecified atom stereocenters. The molecule has 0 heterocycles. The van der Waals surface area contributed by atoms with Crippen LogP contribution in [0.25, 0.3) is 0 Å². The molecule has 0 rings (SSSR count). The number of carboxylic acids is 2. The summed E-state index contributed by atoms with van der Waals surface area (Å²) in [5.74, 6) is -4.20. The fourth-order valence-corrected chi connectivity index (χ4v) is 2.53. The Kier molecular flexibility index (Phi) is 13.5. The topological polar surface area (TPSA) is 269 Å². The lowest BCUT2D eigenvalue weighted by Gasteiger charge is -2.22. The number of amides is 6. The van der Waals surface area contributed by atoms with Gasteiger partial charge in [-0.25, -0.2) is 14.4 Å². The van der Waals surface area contributed by atoms with Crippen molar-refractivity contribution in [1.29, 1.82) is 0 Å². The zero-order valence-corrected chi connectivity index (χ0v) is 17.5. The highest BCUT2D eigenvalue weighted by Gasteiger charge is 2.28. The van der Waals surface area contributed by atoms with Crippen LogP contribution in [0.1, 0.15) is 38.5 Å². The number of hydrogen-bond donors (Lipinski definition) is 9. The van der Waals surface area contributed by atoms with Crippen LogP contribution in [-0.4, -0.2) is 77.2 Å². The molecule has 32 heavy (non-hydrogen) atoms. The Morgan fingerprint density at radius 1 is 0.719 bits per heavy atom. The van der Waals surface area contributed by atoms with Crippen molar-refractivity contribution in [3.05, 3.63) is 0 Å². The van der Waals surface area contributed by atoms with Gasteiger partial charge >= 0.3 is 24.0 Å². The molecule has 12 N–H and O–H groups in total. The van der Waals surface area contributed by atoms with Crippen LogP contribution in [0.4, 0.5) is 9.59 Å². The van der Waals surface area contributed by atoms with Crippen molar-refractivity contribution in [2.24, 2.45) is 17.2 Å². The smallest absolute Gasteiger partial charge is 0.326 e. The normalized spacial score (nSPS) is 13.2. The Balaban J connectivity index is 4.93. The molecule has 0 saturated carbocycles. The van der Waals surface area contributed by atoms with Crippen LogP contribution in [0, 0.1) is 0 Å². The standard InChI is InChI=1S/C17H31N7O8/c18-9(3-1-7-21-16(19)31)13(27)23-10(5-6-12(25)26)14(28)24-11(15(29)30)4-2-8-22-17(20)32/h9-11H,1-8,18H2,(H,23,27)(H,24,28)(H,25,26)(H,29,30)(H3,19,21,31)(H3,20,22,32)/t9-,10-,11-/m0/s1. The Morgan fingerprint density at radius 3 is 1.69 bits per heavy atom. The Hall–Kier alpha value is -3.62. The van der Waals surface area contributed by atoms with Crippen LogP contribution in [-0.2, 0) is 19.2 Å². The molecular formula is C17H31N7O8. The van der Waals surface area contributed by atoms with Gasteiger partial charge in [0.05, 0.1) is 6.04 Å². The van der Waals surface area contributed by atoms with E-state index in [4.69, 9.17) is 22.3 Å². The lowest BCUT2D eigenvalue weighted by atomic mass is 10.1. The van der Waals surface area contributed by atoms with Crippen molar-refractivity contribution in [3.63, 3.8) is 0 Å². The maximum Gasteiger partial charge on any atom is 0.326 e. The van der Waals surface area contributed by atoms with Crippen molar-refractivity contribution in [1.82, 2.24) is 21.3 Å². The minimum atomic E-state index is -1.35. The first kappa shape index (κ1) is 28.4. The number of aliphatic carboxylic acids is 2. The molecule has 0 spiro atoms. The van der Waals surface area contributed by atoms with E-state index in [0.717, 1.165) is 0 Å². The third-order valence-corrected chi connectivity index (χ3v) is 4.19. The van der Waals surface area contributed by atoms with Crippen LogP contribution in [0.2, 0.25) is 0 Å². The molecule has 0 aliphatic rings. The number of nitrogens with two attached hydrogens (primary N) is 3. The van der Waals surface area contributed by atoms with Gasteiger partial charge in [0, 0.05) is 19.5 Å². The first-order valence-corrected chi connectivity index (χ1v) is 9.81. The first-order chi connectivity index (χ1) is 14.9. The van der Waals surface area contributed by atoms with Gasteiger partial charge in [0.2, 0.25) is 11.8 Å². The highest BCUT2D eigenvalue weighted by atomic mass is 16.4. The molecule has 0 saturated heterocycles. The molecule has 0 radical (unpaired) electrons. The summed E-state index contributed by atoms with van der Waals surface area (Å²) in [6.45, 7) is 0.276. The summed E-state index contributed by atoms with van der Waals surface area (Å²) in [6.07, 6.45) is -0.146. The first-order valence-electron chi connectivity index (χ1n) is 9.81. The molecule has 0 fully saturated rings. The molecule has 182 valence electrons. The molecule has 15 nitrogen and oxygen atoms in total. The zero-order valence-electron chi connectivity index (χ0n) is 17.5. The summed E-state index contributed by atoms with van der Waals surface area (Å²) < 4.78 is 0. The van der Waals surface area contributed by atoms with Gasteiger partial charge in [0.25, 0.3) is 0 Å². The number of nitrogens with one attached hydrogen (secondary N) is 4. The summed E-state index contributed by atoms with van der Waals surface area (Å²) in [5.41, 5.74) is 15.6. The molecule has 0 aliphatic heterocycles. The van der Waals surface area contributed by atoms with E-state index in [1.807, 2.05) is 0 Å². The lowest BCUT2D eigenvalue weighted by molar-refractivity contribution is -0.143. The number of carboxylic acid groups (broad SMARTS) is 2. The van der Waals surface area contributed by atoms with E-state index in [2.05, 4.69) is 21.3 Å². The number of carbonyl (C=O) groups excluding carboxylic acids is 4. The second kappa shape index (κ2) is 15.2. The molecule has 0 bridgehead atoms. The van der Waals surface area contributed by atoms with Crippen molar-refractivity contribution in [2.45, 2.75) is 56.7 Å². The summed E-state index contributed by atoms with van der Waals surface area (Å²) in [6, 6.07) is -5.24. The molecule has 0 aromatic carbocycles. The van der Waals surface area contributed by atoms with Crippen LogP contribution >= 0.6 is 0 Å². The molecule has 6 amide bonds. The van der Waals surface area contributed by atoms with E-state index in [1.165, 1.54) is 0 Å². The molecular weight excluding hydrogens is 430 g/mol. The third kappa shape index (κ3) is 13.6. The molecule has 0 aromatic rings. The number of urea groups is 2. The fourth-order valence-electron chi connectivity index (χ4n) is 2.53. The van der Waals surface area contributed by atoms with Gasteiger partial charge in [0.1, 0.15) is 12.1 Å². The van der Waals surface area contributed by atoms with E-state index in [0.29, 0.717) is 6.42 Å². The molecule has 0 aromatic heterocycles. The van der Waals surface area contributed by atoms with Gasteiger partial charge < -0.3 is 48.7 Å². The van der Waals surface area contributed by atoms with E-state index >= 15 is 0 Å². The minimum absolute atomic E-state index is 0.0483. The predicted molar refractivity (Wildman–Crippen MR) is 110 cm³/mol. The highest BCUT2D eigenvalue weighted by Crippen LogP contribution is 2.04. The maximum absolute atomic E-state index is 12.5. The van der Waals surface area contributed by atoms with Gasteiger partial charge in [0.15, 0.2) is 0 Å². The second-order valence-electron chi connectivity index (χ2n) is 6.87. The summed E-state index contributed by atoms with van der Waals surface area (Å²) >= 11 is 0. The number of carbonyl (C=O) groups is 6. The van der Waals surface area contributed by atoms with Crippen LogP contribution in [0.15, 0.2) is 0 Å². The quantitative estimate of drug-likeness (QED) is 0.107. The van der Waals surface area contributed by atoms with Crippen molar-refractivity contribution >= 4 is 35.8 Å². The summed E-state index contributed by atoms with van der Waals surface area (Å²) in [5, 5.41) is 27.4. The molecule has 3 atom stereocenters. The second-order valence-corrected chi connectivity index (χ2v) is 6.87. The van der Waals surface area contributed by atoms with Crippen molar-refractivity contribution in [2.75, 3.05) is 13.1 Å². The van der Waals surface area contributed by atoms with Crippen LogP contribution in [0.5, 0.6) is 0 Å². The average molecular weight is 461 g/mol. The third-order valence-electron chi connectivity index (χ3n) is 4.19. The Morgan fingerprint density at radius 2 is 1.22 bits per heavy atom. The largest absolute Gasteiger partial charge is 0.481 e. The average Bonchev–Trinajstić information content (AvgIpc) is 2.69. The molecule has 15 heteroatoms. The number of hydrogen-bond acceptors (Lipinski definition) is 7. The lowest BCUT2D eigenvalue weighted by Crippen LogP contribution is -2.54. The summed E-state index contributed by atoms with van der Waals surface area (Å²) in [4.78, 5) is 68.4. The van der Waals surface area contributed by atoms with E-state index in [-0.39, 0.29) is 38.8 Å². The number of primary amides is 2. The minimum Gasteiger partial charge on any atom is -0.481 e. The van der Waals surface area contributed by atoms with Gasteiger partial charge in [-0.1, -0.05) is 0 Å². The van der Waals surface area contributed by atoms with Crippen LogP contribution < -0.4 is 38.5 Å².